The SMILES string of the molecule is Nc1c(N(CCC2=CCCCC2)C(=O)c2ccc(Cl)o2)c(=O)[nH]c(=O)n1Cc1ccccc1. The molecule has 33 heavy (non-hydrogen) atoms. The zero-order valence-electron chi connectivity index (χ0n) is 18.1. The van der Waals surface area contributed by atoms with Crippen LogP contribution in [0.4, 0.5) is 11.5 Å². The quantitative estimate of drug-likeness (QED) is 0.509. The Morgan fingerprint density at radius 1 is 1.15 bits per heavy atom. The highest BCUT2D eigenvalue weighted by Gasteiger charge is 2.27. The van der Waals surface area contributed by atoms with E-state index in [1.807, 2.05) is 30.3 Å². The van der Waals surface area contributed by atoms with Crippen molar-refractivity contribution >= 4 is 29.0 Å². The fourth-order valence-electron chi connectivity index (χ4n) is 4.03. The van der Waals surface area contributed by atoms with Crippen molar-refractivity contribution in [2.75, 3.05) is 17.2 Å². The molecule has 3 N–H and O–H groups in total. The maximum atomic E-state index is 13.3. The second kappa shape index (κ2) is 9.95. The van der Waals surface area contributed by atoms with E-state index in [1.165, 1.54) is 27.2 Å². The summed E-state index contributed by atoms with van der Waals surface area (Å²) in [6.45, 7) is 0.356. The first-order chi connectivity index (χ1) is 15.9. The summed E-state index contributed by atoms with van der Waals surface area (Å²) < 4.78 is 6.56. The van der Waals surface area contributed by atoms with Crippen LogP contribution in [0, 0.1) is 0 Å². The third-order valence-electron chi connectivity index (χ3n) is 5.74. The molecule has 0 aliphatic heterocycles. The van der Waals surface area contributed by atoms with E-state index in [4.69, 9.17) is 21.8 Å². The smallest absolute Gasteiger partial charge is 0.330 e. The van der Waals surface area contributed by atoms with E-state index in [-0.39, 0.29) is 35.6 Å². The molecule has 0 saturated carbocycles. The summed E-state index contributed by atoms with van der Waals surface area (Å²) >= 11 is 5.87. The number of nitrogens with one attached hydrogen (secondary N) is 1. The second-order valence-electron chi connectivity index (χ2n) is 7.98. The summed E-state index contributed by atoms with van der Waals surface area (Å²) in [7, 11) is 0. The number of carbonyl (C=O) groups excluding carboxylic acids is 1. The second-order valence-corrected chi connectivity index (χ2v) is 8.36. The van der Waals surface area contributed by atoms with Gasteiger partial charge in [0, 0.05) is 6.54 Å². The van der Waals surface area contributed by atoms with Crippen molar-refractivity contribution in [2.24, 2.45) is 0 Å². The van der Waals surface area contributed by atoms with Crippen LogP contribution < -0.4 is 21.9 Å². The zero-order valence-corrected chi connectivity index (χ0v) is 18.8. The van der Waals surface area contributed by atoms with Crippen molar-refractivity contribution < 1.29 is 9.21 Å². The molecule has 0 radical (unpaired) electrons. The van der Waals surface area contributed by atoms with Crippen LogP contribution in [0.2, 0.25) is 5.22 Å². The minimum Gasteiger partial charge on any atom is -0.440 e. The lowest BCUT2D eigenvalue weighted by Crippen LogP contribution is -2.41. The molecule has 0 spiro atoms. The maximum Gasteiger partial charge on any atom is 0.330 e. The topological polar surface area (TPSA) is 114 Å². The highest BCUT2D eigenvalue weighted by molar-refractivity contribution is 6.29. The highest BCUT2D eigenvalue weighted by atomic mass is 35.5. The molecule has 0 unspecified atom stereocenters. The van der Waals surface area contributed by atoms with E-state index in [1.54, 1.807) is 0 Å². The number of hydrogen-bond acceptors (Lipinski definition) is 5. The standard InChI is InChI=1S/C24H25ClN4O4/c25-19-12-11-18(33-19)23(31)28(14-13-16-7-3-1-4-8-16)20-21(26)29(24(32)27-22(20)30)15-17-9-5-2-6-10-17/h2,5-7,9-12H,1,3-4,8,13-15,26H2,(H,27,30,32). The average molecular weight is 469 g/mol. The van der Waals surface area contributed by atoms with Crippen LogP contribution >= 0.6 is 11.6 Å². The molecule has 1 aliphatic carbocycles. The number of carbonyl (C=O) groups is 1. The number of hydrogen-bond donors (Lipinski definition) is 2. The molecule has 1 aromatic carbocycles. The fraction of sp³-hybridized carbons (Fsp3) is 0.292. The lowest BCUT2D eigenvalue weighted by Gasteiger charge is -2.25. The Labute approximate surface area is 195 Å². The van der Waals surface area contributed by atoms with E-state index >= 15 is 0 Å². The molecular formula is C24H25ClN4O4. The Balaban J connectivity index is 1.75. The van der Waals surface area contributed by atoms with Crippen LogP contribution in [0.25, 0.3) is 0 Å². The first-order valence-corrected chi connectivity index (χ1v) is 11.2. The van der Waals surface area contributed by atoms with Gasteiger partial charge in [0.2, 0.25) is 0 Å². The number of aromatic amines is 1. The number of nitrogens with two attached hydrogens (primary N) is 1. The van der Waals surface area contributed by atoms with Crippen LogP contribution in [-0.2, 0) is 6.54 Å². The summed E-state index contributed by atoms with van der Waals surface area (Å²) in [4.78, 5) is 42.4. The average Bonchev–Trinajstić information content (AvgIpc) is 3.26. The molecule has 0 saturated heterocycles. The molecule has 9 heteroatoms. The molecule has 0 atom stereocenters. The number of amides is 1. The van der Waals surface area contributed by atoms with Gasteiger partial charge in [-0.1, -0.05) is 42.0 Å². The number of furan rings is 1. The molecule has 1 aliphatic rings. The van der Waals surface area contributed by atoms with Crippen LogP contribution in [0.5, 0.6) is 0 Å². The van der Waals surface area contributed by atoms with E-state index in [2.05, 4.69) is 11.1 Å². The monoisotopic (exact) mass is 468 g/mol. The summed E-state index contributed by atoms with van der Waals surface area (Å²) in [5.41, 5.74) is 6.93. The summed E-state index contributed by atoms with van der Waals surface area (Å²) in [6.07, 6.45) is 6.96. The molecule has 8 nitrogen and oxygen atoms in total. The van der Waals surface area contributed by atoms with E-state index < -0.39 is 17.2 Å². The van der Waals surface area contributed by atoms with Gasteiger partial charge >= 0.3 is 5.69 Å². The molecule has 0 bridgehead atoms. The Kier molecular flexibility index (Phi) is 6.84. The van der Waals surface area contributed by atoms with E-state index in [0.29, 0.717) is 6.42 Å². The predicted molar refractivity (Wildman–Crippen MR) is 128 cm³/mol. The minimum atomic E-state index is -0.731. The summed E-state index contributed by atoms with van der Waals surface area (Å²) in [5.74, 6) is -0.658. The third kappa shape index (κ3) is 5.12. The molecule has 172 valence electrons. The minimum absolute atomic E-state index is 0.0165. The van der Waals surface area contributed by atoms with Gasteiger partial charge in [0.1, 0.15) is 5.82 Å². The van der Waals surface area contributed by atoms with Gasteiger partial charge in [-0.3, -0.25) is 24.0 Å². The van der Waals surface area contributed by atoms with Crippen LogP contribution in [0.15, 0.2) is 68.1 Å². The van der Waals surface area contributed by atoms with Crippen LogP contribution in [-0.4, -0.2) is 22.0 Å². The van der Waals surface area contributed by atoms with E-state index in [0.717, 1.165) is 31.2 Å². The van der Waals surface area contributed by atoms with E-state index in [9.17, 15) is 14.4 Å². The fourth-order valence-corrected chi connectivity index (χ4v) is 4.17. The van der Waals surface area contributed by atoms with Gasteiger partial charge in [0.15, 0.2) is 16.7 Å². The number of allylic oxidation sites excluding steroid dienone is 1. The number of halogens is 1. The lowest BCUT2D eigenvalue weighted by atomic mass is 9.97. The van der Waals surface area contributed by atoms with Gasteiger partial charge in [-0.2, -0.15) is 0 Å². The van der Waals surface area contributed by atoms with Gasteiger partial charge < -0.3 is 10.2 Å². The predicted octanol–water partition coefficient (Wildman–Crippen LogP) is 3.95. The first-order valence-electron chi connectivity index (χ1n) is 10.9. The molecule has 3 aromatic rings. The molecule has 2 aromatic heterocycles. The normalized spacial score (nSPS) is 13.5. The van der Waals surface area contributed by atoms with Crippen molar-refractivity contribution in [3.05, 3.63) is 91.5 Å². The molecular weight excluding hydrogens is 444 g/mol. The number of nitrogen functional groups attached to an aromatic ring is 1. The van der Waals surface area contributed by atoms with Gasteiger partial charge in [0.25, 0.3) is 11.5 Å². The summed E-state index contributed by atoms with van der Waals surface area (Å²) in [6, 6.07) is 12.2. The summed E-state index contributed by atoms with van der Waals surface area (Å²) in [5, 5.41) is 0.0595. The Morgan fingerprint density at radius 2 is 1.94 bits per heavy atom. The van der Waals surface area contributed by atoms with Crippen LogP contribution in [0.1, 0.15) is 48.2 Å². The van der Waals surface area contributed by atoms with Gasteiger partial charge in [0.05, 0.1) is 6.54 Å². The zero-order chi connectivity index (χ0) is 23.4. The number of nitrogens with zero attached hydrogens (tertiary/aromatic N) is 2. The number of benzene rings is 1. The number of rotatable bonds is 7. The largest absolute Gasteiger partial charge is 0.440 e. The van der Waals surface area contributed by atoms with Gasteiger partial charge in [-0.25, -0.2) is 4.79 Å². The Hall–Kier alpha value is -3.52. The Bertz CT molecular complexity index is 1290. The molecule has 2 heterocycles. The van der Waals surface area contributed by atoms with Crippen molar-refractivity contribution in [2.45, 2.75) is 38.6 Å². The molecule has 0 fully saturated rings. The lowest BCUT2D eigenvalue weighted by molar-refractivity contribution is 0.0960. The number of aromatic nitrogens is 2. The number of H-pyrrole nitrogens is 1. The molecule has 4 rings (SSSR count). The van der Waals surface area contributed by atoms with Crippen molar-refractivity contribution in [3.8, 4) is 0 Å². The van der Waals surface area contributed by atoms with Crippen molar-refractivity contribution in [1.82, 2.24) is 9.55 Å². The molecule has 1 amide bonds. The van der Waals surface area contributed by atoms with Crippen molar-refractivity contribution in [1.29, 1.82) is 0 Å². The highest BCUT2D eigenvalue weighted by Crippen LogP contribution is 2.25. The van der Waals surface area contributed by atoms with Gasteiger partial charge in [-0.15, -0.1) is 0 Å². The Morgan fingerprint density at radius 3 is 2.61 bits per heavy atom. The number of anilines is 2. The maximum absolute atomic E-state index is 13.3. The third-order valence-corrected chi connectivity index (χ3v) is 5.94. The first kappa shape index (κ1) is 22.7. The van der Waals surface area contributed by atoms with Crippen molar-refractivity contribution in [3.63, 3.8) is 0 Å². The van der Waals surface area contributed by atoms with Crippen LogP contribution in [0.3, 0.4) is 0 Å². The van der Waals surface area contributed by atoms with Gasteiger partial charge in [-0.05, 0) is 61.4 Å².